The number of thiazole rings is 1. The topological polar surface area (TPSA) is 92.4 Å². The van der Waals surface area contributed by atoms with Crippen molar-refractivity contribution in [2.45, 2.75) is 40.0 Å². The number of hydrogen-bond acceptors (Lipinski definition) is 6. The number of nitrogens with one attached hydrogen (secondary N) is 3. The molecule has 1 aliphatic rings. The predicted octanol–water partition coefficient (Wildman–Crippen LogP) is 1.80. The van der Waals surface area contributed by atoms with Crippen LogP contribution in [0.3, 0.4) is 0 Å². The summed E-state index contributed by atoms with van der Waals surface area (Å²) in [6.45, 7) is 8.70. The van der Waals surface area contributed by atoms with Gasteiger partial charge in [0.05, 0.1) is 18.7 Å². The molecule has 1 aromatic rings. The van der Waals surface area contributed by atoms with E-state index in [0.29, 0.717) is 24.0 Å². The molecule has 26 heavy (non-hydrogen) atoms. The van der Waals surface area contributed by atoms with Crippen LogP contribution in [0.1, 0.15) is 39.3 Å². The number of rotatable bonds is 7. The molecule has 0 aromatic carbocycles. The minimum Gasteiger partial charge on any atom is -0.384 e. The highest BCUT2D eigenvalue weighted by Gasteiger charge is 2.32. The maximum absolute atomic E-state index is 12.3. The Morgan fingerprint density at radius 1 is 1.35 bits per heavy atom. The number of aromatic nitrogens is 1. The lowest BCUT2D eigenvalue weighted by Gasteiger charge is -2.37. The Morgan fingerprint density at radius 2 is 2.04 bits per heavy atom. The van der Waals surface area contributed by atoms with Gasteiger partial charge in [-0.15, -0.1) is 11.3 Å². The van der Waals surface area contributed by atoms with Crippen LogP contribution in [0.15, 0.2) is 5.38 Å². The van der Waals surface area contributed by atoms with Crippen LogP contribution in [0.4, 0.5) is 5.13 Å². The monoisotopic (exact) mass is 382 g/mol. The Bertz CT molecular complexity index is 613. The Hall–Kier alpha value is -1.51. The van der Waals surface area contributed by atoms with E-state index in [9.17, 15) is 9.59 Å². The second-order valence-corrected chi connectivity index (χ2v) is 8.84. The molecule has 1 saturated heterocycles. The van der Waals surface area contributed by atoms with Gasteiger partial charge in [0.2, 0.25) is 11.8 Å². The van der Waals surface area contributed by atoms with Crippen LogP contribution in [-0.4, -0.2) is 50.1 Å². The van der Waals surface area contributed by atoms with Gasteiger partial charge in [-0.2, -0.15) is 0 Å². The zero-order valence-corrected chi connectivity index (χ0v) is 16.9. The van der Waals surface area contributed by atoms with Gasteiger partial charge in [0.1, 0.15) is 0 Å². The van der Waals surface area contributed by atoms with Gasteiger partial charge in [-0.3, -0.25) is 9.59 Å². The molecular weight excluding hydrogens is 352 g/mol. The van der Waals surface area contributed by atoms with Crippen LogP contribution in [0, 0.1) is 10.8 Å². The highest BCUT2D eigenvalue weighted by molar-refractivity contribution is 7.13. The largest absolute Gasteiger partial charge is 0.384 e. The van der Waals surface area contributed by atoms with Gasteiger partial charge in [-0.05, 0) is 25.9 Å². The molecule has 2 amide bonds. The zero-order chi connectivity index (χ0) is 19.2. The molecule has 8 heteroatoms. The van der Waals surface area contributed by atoms with E-state index in [2.05, 4.69) is 20.9 Å². The Kier molecular flexibility index (Phi) is 7.14. The number of hydrogen-bond donors (Lipinski definition) is 3. The SMILES string of the molecule is COCC1(CNC(=O)Cc2csc(NC(=O)C(C)(C)C)n2)CCNCC1. The van der Waals surface area contributed by atoms with E-state index in [1.807, 2.05) is 26.2 Å². The Balaban J connectivity index is 1.85. The second-order valence-electron chi connectivity index (χ2n) is 7.98. The average molecular weight is 383 g/mol. The molecule has 146 valence electrons. The van der Waals surface area contributed by atoms with Crippen molar-refractivity contribution in [1.82, 2.24) is 15.6 Å². The fourth-order valence-electron chi connectivity index (χ4n) is 2.88. The highest BCUT2D eigenvalue weighted by Crippen LogP contribution is 2.28. The number of anilines is 1. The molecule has 0 spiro atoms. The lowest BCUT2D eigenvalue weighted by Crippen LogP contribution is -2.47. The molecule has 0 atom stereocenters. The van der Waals surface area contributed by atoms with Crippen molar-refractivity contribution in [3.8, 4) is 0 Å². The first-order valence-electron chi connectivity index (χ1n) is 8.96. The third kappa shape index (κ3) is 6.03. The Labute approximate surface area is 159 Å². The summed E-state index contributed by atoms with van der Waals surface area (Å²) in [5.41, 5.74) is 0.194. The third-order valence-electron chi connectivity index (χ3n) is 4.57. The van der Waals surface area contributed by atoms with Crippen LogP contribution >= 0.6 is 11.3 Å². The fraction of sp³-hybridized carbons (Fsp3) is 0.722. The number of nitrogens with zero attached hydrogens (tertiary/aromatic N) is 1. The van der Waals surface area contributed by atoms with Crippen molar-refractivity contribution in [2.75, 3.05) is 38.7 Å². The number of ether oxygens (including phenoxy) is 1. The van der Waals surface area contributed by atoms with Gasteiger partial charge < -0.3 is 20.7 Å². The van der Waals surface area contributed by atoms with Gasteiger partial charge in [0, 0.05) is 29.9 Å². The molecule has 1 aliphatic heterocycles. The van der Waals surface area contributed by atoms with Crippen molar-refractivity contribution in [1.29, 1.82) is 0 Å². The van der Waals surface area contributed by atoms with E-state index in [4.69, 9.17) is 4.74 Å². The third-order valence-corrected chi connectivity index (χ3v) is 5.38. The maximum Gasteiger partial charge on any atom is 0.231 e. The van der Waals surface area contributed by atoms with Crippen molar-refractivity contribution in [3.63, 3.8) is 0 Å². The van der Waals surface area contributed by atoms with E-state index in [-0.39, 0.29) is 23.7 Å². The molecule has 0 bridgehead atoms. The number of amides is 2. The lowest BCUT2D eigenvalue weighted by molar-refractivity contribution is -0.123. The summed E-state index contributed by atoms with van der Waals surface area (Å²) in [5, 5.41) is 11.5. The van der Waals surface area contributed by atoms with Gasteiger partial charge in [-0.1, -0.05) is 20.8 Å². The number of carbonyl (C=O) groups is 2. The van der Waals surface area contributed by atoms with Gasteiger partial charge in [-0.25, -0.2) is 4.98 Å². The number of piperidine rings is 1. The van der Waals surface area contributed by atoms with E-state index < -0.39 is 5.41 Å². The standard InChI is InChI=1S/C18H30N4O3S/c1-17(2,3)15(24)22-16-21-13(10-26-16)9-14(23)20-11-18(12-25-4)5-7-19-8-6-18/h10,19H,5-9,11-12H2,1-4H3,(H,20,23)(H,21,22,24). The summed E-state index contributed by atoms with van der Waals surface area (Å²) in [6, 6.07) is 0. The fourth-order valence-corrected chi connectivity index (χ4v) is 3.58. The molecule has 0 radical (unpaired) electrons. The van der Waals surface area contributed by atoms with Crippen LogP contribution in [0.2, 0.25) is 0 Å². The van der Waals surface area contributed by atoms with Crippen LogP contribution in [0.5, 0.6) is 0 Å². The van der Waals surface area contributed by atoms with E-state index in [1.54, 1.807) is 7.11 Å². The summed E-state index contributed by atoms with van der Waals surface area (Å²) in [4.78, 5) is 28.6. The minimum atomic E-state index is -0.478. The molecule has 1 fully saturated rings. The van der Waals surface area contributed by atoms with Crippen molar-refractivity contribution in [2.24, 2.45) is 10.8 Å². The van der Waals surface area contributed by atoms with Crippen LogP contribution in [-0.2, 0) is 20.7 Å². The molecule has 2 heterocycles. The summed E-state index contributed by atoms with van der Waals surface area (Å²) in [6.07, 6.45) is 2.19. The highest BCUT2D eigenvalue weighted by atomic mass is 32.1. The average Bonchev–Trinajstić information content (AvgIpc) is 3.00. The van der Waals surface area contributed by atoms with Crippen molar-refractivity contribution < 1.29 is 14.3 Å². The number of methoxy groups -OCH3 is 1. The van der Waals surface area contributed by atoms with Gasteiger partial charge in [0.15, 0.2) is 5.13 Å². The number of carbonyl (C=O) groups excluding carboxylic acids is 2. The van der Waals surface area contributed by atoms with Crippen LogP contribution in [0.25, 0.3) is 0 Å². The molecular formula is C18H30N4O3S. The van der Waals surface area contributed by atoms with E-state index >= 15 is 0 Å². The maximum atomic E-state index is 12.3. The Morgan fingerprint density at radius 3 is 2.65 bits per heavy atom. The molecule has 0 aliphatic carbocycles. The predicted molar refractivity (Wildman–Crippen MR) is 103 cm³/mol. The molecule has 1 aromatic heterocycles. The smallest absolute Gasteiger partial charge is 0.231 e. The summed E-state index contributed by atoms with van der Waals surface area (Å²) in [5.74, 6) is -0.145. The van der Waals surface area contributed by atoms with Crippen LogP contribution < -0.4 is 16.0 Å². The van der Waals surface area contributed by atoms with Crippen molar-refractivity contribution in [3.05, 3.63) is 11.1 Å². The minimum absolute atomic E-state index is 0.00355. The first-order valence-corrected chi connectivity index (χ1v) is 9.84. The summed E-state index contributed by atoms with van der Waals surface area (Å²) in [7, 11) is 1.70. The van der Waals surface area contributed by atoms with Gasteiger partial charge in [0.25, 0.3) is 0 Å². The molecule has 7 nitrogen and oxygen atoms in total. The summed E-state index contributed by atoms with van der Waals surface area (Å²) >= 11 is 1.34. The first-order chi connectivity index (χ1) is 12.2. The second kappa shape index (κ2) is 8.92. The molecule has 2 rings (SSSR count). The van der Waals surface area contributed by atoms with Gasteiger partial charge >= 0.3 is 0 Å². The molecule has 0 saturated carbocycles. The first kappa shape index (κ1) is 20.8. The van der Waals surface area contributed by atoms with Crippen molar-refractivity contribution >= 4 is 28.3 Å². The summed E-state index contributed by atoms with van der Waals surface area (Å²) < 4.78 is 5.37. The van der Waals surface area contributed by atoms with E-state index in [1.165, 1.54) is 11.3 Å². The lowest BCUT2D eigenvalue weighted by atomic mass is 9.79. The normalized spacial score (nSPS) is 16.9. The van der Waals surface area contributed by atoms with E-state index in [0.717, 1.165) is 25.9 Å². The quantitative estimate of drug-likeness (QED) is 0.669. The molecule has 0 unspecified atom stereocenters. The zero-order valence-electron chi connectivity index (χ0n) is 16.1. The molecule has 3 N–H and O–H groups in total.